The Hall–Kier alpha value is -8.36. The van der Waals surface area contributed by atoms with Crippen LogP contribution in [0.1, 0.15) is 16.8 Å². The summed E-state index contributed by atoms with van der Waals surface area (Å²) in [4.78, 5) is 36.1. The Labute approximate surface area is 364 Å². The van der Waals surface area contributed by atoms with E-state index in [9.17, 15) is 0 Å². The second kappa shape index (κ2) is 15.6. The van der Waals surface area contributed by atoms with Crippen LogP contribution in [-0.2, 0) is 0 Å². The number of nitrogens with zero attached hydrogens (tertiary/aromatic N) is 8. The van der Waals surface area contributed by atoms with Crippen molar-refractivity contribution in [2.24, 2.45) is 0 Å². The smallest absolute Gasteiger partial charge is 0.208 e. The van der Waals surface area contributed by atoms with Crippen molar-refractivity contribution in [3.8, 4) is 68.1 Å². The van der Waals surface area contributed by atoms with E-state index in [2.05, 4.69) is 147 Å². The number of rotatable bonds is 6. The van der Waals surface area contributed by atoms with Crippen LogP contribution in [0.4, 0.5) is 0 Å². The lowest BCUT2D eigenvalue weighted by atomic mass is 9.95. The van der Waals surface area contributed by atoms with E-state index in [0.29, 0.717) is 40.5 Å². The number of fused-ring (bicyclic) bond motifs is 10. The molecule has 0 amide bonds. The number of benzene rings is 7. The third-order valence-electron chi connectivity index (χ3n) is 11.4. The SMILES string of the molecule is Cc1ccc(-c2nc(-c3ccc(C)cc3)nc(-c3cccc(-c4cccc5c6cc(C)nc(n6)[n+]6c(-c7ccccc7)nc(-c7ccccc7)nc6c6cccc(c6)c45)c3)n2)cc1. The summed E-state index contributed by atoms with van der Waals surface area (Å²) in [6, 6.07) is 62.5. The maximum atomic E-state index is 5.35. The monoisotopic (exact) mass is 811 g/mol. The Morgan fingerprint density at radius 2 is 0.905 bits per heavy atom. The van der Waals surface area contributed by atoms with Gasteiger partial charge in [-0.15, -0.1) is 19.9 Å². The Bertz CT molecular complexity index is 3510. The Morgan fingerprint density at radius 3 is 1.59 bits per heavy atom. The lowest BCUT2D eigenvalue weighted by Gasteiger charge is -2.12. The average molecular weight is 812 g/mol. The number of hydrogen-bond acceptors (Lipinski definition) is 7. The Balaban J connectivity index is 1.18. The largest absolute Gasteiger partial charge is 0.362 e. The average Bonchev–Trinajstić information content (AvgIpc) is 3.34. The van der Waals surface area contributed by atoms with Crippen molar-refractivity contribution in [2.45, 2.75) is 20.8 Å². The van der Waals surface area contributed by atoms with Gasteiger partial charge >= 0.3 is 5.78 Å². The molecule has 0 aliphatic rings. The minimum atomic E-state index is 0.493. The topological polar surface area (TPSA) is 94.3 Å². The van der Waals surface area contributed by atoms with Crippen LogP contribution < -0.4 is 4.40 Å². The zero-order valence-corrected chi connectivity index (χ0v) is 34.9. The molecule has 0 unspecified atom stereocenters. The second-order valence-corrected chi connectivity index (χ2v) is 15.9. The summed E-state index contributed by atoms with van der Waals surface area (Å²) in [5.41, 5.74) is 11.3. The van der Waals surface area contributed by atoms with Crippen LogP contribution in [0.3, 0.4) is 0 Å². The fraction of sp³-hybridized carbons (Fsp3) is 0.0545. The molecule has 11 rings (SSSR count). The van der Waals surface area contributed by atoms with E-state index in [1.165, 1.54) is 11.1 Å². The van der Waals surface area contributed by atoms with Crippen LogP contribution in [0, 0.1) is 20.8 Å². The molecule has 0 saturated heterocycles. The Kier molecular flexibility index (Phi) is 9.31. The van der Waals surface area contributed by atoms with Crippen molar-refractivity contribution in [1.29, 1.82) is 0 Å². The summed E-state index contributed by atoms with van der Waals surface area (Å²) in [5, 5.41) is 3.97. The van der Waals surface area contributed by atoms with Crippen molar-refractivity contribution >= 4 is 38.5 Å². The first-order valence-electron chi connectivity index (χ1n) is 21.0. The summed E-state index contributed by atoms with van der Waals surface area (Å²) in [7, 11) is 0. The number of aryl methyl sites for hydroxylation is 3. The van der Waals surface area contributed by atoms with E-state index >= 15 is 0 Å². The normalized spacial score (nSPS) is 11.4. The van der Waals surface area contributed by atoms with Gasteiger partial charge in [-0.3, -0.25) is 0 Å². The van der Waals surface area contributed by atoms with Crippen molar-refractivity contribution in [1.82, 2.24) is 34.9 Å². The minimum absolute atomic E-state index is 0.493. The van der Waals surface area contributed by atoms with Crippen LogP contribution >= 0.6 is 0 Å². The molecule has 11 aromatic rings. The summed E-state index contributed by atoms with van der Waals surface area (Å²) >= 11 is 0. The molecular weight excluding hydrogens is 773 g/mol. The fourth-order valence-electron chi connectivity index (χ4n) is 8.22. The van der Waals surface area contributed by atoms with E-state index in [4.69, 9.17) is 34.9 Å². The first-order valence-corrected chi connectivity index (χ1v) is 21.0. The summed E-state index contributed by atoms with van der Waals surface area (Å²) < 4.78 is 2.00. The van der Waals surface area contributed by atoms with Gasteiger partial charge in [0.15, 0.2) is 17.5 Å². The molecule has 8 nitrogen and oxygen atoms in total. The summed E-state index contributed by atoms with van der Waals surface area (Å²) in [5.74, 6) is 3.65. The van der Waals surface area contributed by atoms with Gasteiger partial charge in [-0.25, -0.2) is 15.0 Å². The minimum Gasteiger partial charge on any atom is -0.208 e. The van der Waals surface area contributed by atoms with Crippen molar-refractivity contribution < 1.29 is 4.40 Å². The molecule has 0 aliphatic carbocycles. The molecule has 4 bridgehead atoms. The molecule has 0 radical (unpaired) electrons. The van der Waals surface area contributed by atoms with Crippen molar-refractivity contribution in [2.75, 3.05) is 0 Å². The molecule has 63 heavy (non-hydrogen) atoms. The molecule has 4 aromatic heterocycles. The van der Waals surface area contributed by atoms with Crippen molar-refractivity contribution in [3.63, 3.8) is 0 Å². The molecular formula is C55H39N8+. The van der Waals surface area contributed by atoms with Crippen LogP contribution in [0.5, 0.6) is 0 Å². The van der Waals surface area contributed by atoms with E-state index in [1.54, 1.807) is 0 Å². The van der Waals surface area contributed by atoms with Crippen molar-refractivity contribution in [3.05, 3.63) is 199 Å². The number of hydrogen-bond donors (Lipinski definition) is 0. The zero-order chi connectivity index (χ0) is 42.4. The van der Waals surface area contributed by atoms with Crippen LogP contribution in [0.15, 0.2) is 182 Å². The highest BCUT2D eigenvalue weighted by atomic mass is 15.2. The summed E-state index contributed by atoms with van der Waals surface area (Å²) in [6.07, 6.45) is 0. The second-order valence-electron chi connectivity index (χ2n) is 15.9. The van der Waals surface area contributed by atoms with E-state index in [1.807, 2.05) is 59.9 Å². The predicted octanol–water partition coefficient (Wildman–Crippen LogP) is 12.1. The van der Waals surface area contributed by atoms with E-state index in [0.717, 1.165) is 71.7 Å². The van der Waals surface area contributed by atoms with Gasteiger partial charge in [0.1, 0.15) is 5.52 Å². The molecule has 0 N–H and O–H groups in total. The first-order chi connectivity index (χ1) is 30.9. The van der Waals surface area contributed by atoms with Gasteiger partial charge in [-0.2, -0.15) is 4.40 Å². The number of aromatic nitrogens is 8. The zero-order valence-electron chi connectivity index (χ0n) is 34.9. The lowest BCUT2D eigenvalue weighted by molar-refractivity contribution is -0.479. The predicted molar refractivity (Wildman–Crippen MR) is 252 cm³/mol. The molecule has 0 saturated carbocycles. The molecule has 298 valence electrons. The molecule has 0 fully saturated rings. The molecule has 0 atom stereocenters. The molecule has 0 aliphatic heterocycles. The van der Waals surface area contributed by atoms with Gasteiger partial charge in [-0.05, 0) is 85.1 Å². The van der Waals surface area contributed by atoms with Crippen LogP contribution in [0.25, 0.3) is 107 Å². The highest BCUT2D eigenvalue weighted by molar-refractivity contribution is 6.13. The quantitative estimate of drug-likeness (QED) is 0.154. The fourth-order valence-corrected chi connectivity index (χ4v) is 8.22. The third-order valence-corrected chi connectivity index (χ3v) is 11.4. The summed E-state index contributed by atoms with van der Waals surface area (Å²) in [6.45, 7) is 6.18. The van der Waals surface area contributed by atoms with Gasteiger partial charge in [-0.1, -0.05) is 145 Å². The van der Waals surface area contributed by atoms with Gasteiger partial charge in [0.2, 0.25) is 11.5 Å². The third kappa shape index (κ3) is 7.13. The molecule has 8 heteroatoms. The van der Waals surface area contributed by atoms with Crippen LogP contribution in [-0.4, -0.2) is 34.9 Å². The molecule has 7 aromatic carbocycles. The molecule has 0 spiro atoms. The maximum Gasteiger partial charge on any atom is 0.362 e. The van der Waals surface area contributed by atoms with Crippen LogP contribution in [0.2, 0.25) is 0 Å². The lowest BCUT2D eigenvalue weighted by Crippen LogP contribution is -2.30. The highest BCUT2D eigenvalue weighted by Crippen LogP contribution is 2.36. The first kappa shape index (κ1) is 37.6. The van der Waals surface area contributed by atoms with E-state index < -0.39 is 0 Å². The van der Waals surface area contributed by atoms with Gasteiger partial charge in [0, 0.05) is 44.7 Å². The van der Waals surface area contributed by atoms with E-state index in [-0.39, 0.29) is 0 Å². The molecule has 4 heterocycles. The van der Waals surface area contributed by atoms with Gasteiger partial charge in [0.05, 0.1) is 5.69 Å². The maximum absolute atomic E-state index is 5.35. The standard InChI is InChI=1S/C55H39N8/c1-34-23-27-38(28-24-34)49-58-50(39-29-25-35(2)26-30-39)60-52(59-49)43-19-10-17-41(32-43)45-21-12-22-46-47-31-36(3)56-55(57-47)63-53(40-15-8-5-9-16-40)61-51(37-13-6-4-7-14-37)62-54(63)44-20-11-18-42(33-44)48(45)46/h4-33H,1-3H3/q+1. The Morgan fingerprint density at radius 1 is 0.365 bits per heavy atom. The van der Waals surface area contributed by atoms with Gasteiger partial charge < -0.3 is 0 Å². The highest BCUT2D eigenvalue weighted by Gasteiger charge is 2.22. The van der Waals surface area contributed by atoms with Gasteiger partial charge in [0.25, 0.3) is 5.82 Å².